The molecule has 1 N–H and O–H groups in total. The van der Waals surface area contributed by atoms with Crippen molar-refractivity contribution in [2.45, 2.75) is 19.0 Å². The molecule has 0 spiro atoms. The molecule has 2 aromatic rings. The van der Waals surface area contributed by atoms with E-state index in [-0.39, 0.29) is 11.1 Å². The molecule has 2 aromatic heterocycles. The summed E-state index contributed by atoms with van der Waals surface area (Å²) in [6.45, 7) is -0.919. The molecule has 22 heavy (non-hydrogen) atoms. The van der Waals surface area contributed by atoms with Crippen molar-refractivity contribution < 1.29 is 31.4 Å². The zero-order chi connectivity index (χ0) is 16.5. The quantitative estimate of drug-likeness (QED) is 0.863. The smallest absolute Gasteiger partial charge is 0.392 e. The average molecular weight is 323 g/mol. The van der Waals surface area contributed by atoms with E-state index in [9.17, 15) is 26.3 Å². The minimum absolute atomic E-state index is 0.0453. The second kappa shape index (κ2) is 5.52. The van der Waals surface area contributed by atoms with Crippen LogP contribution in [0.5, 0.6) is 0 Å². The third-order valence-electron chi connectivity index (χ3n) is 2.64. The van der Waals surface area contributed by atoms with Crippen molar-refractivity contribution in [3.8, 4) is 11.1 Å². The Morgan fingerprint density at radius 3 is 1.82 bits per heavy atom. The molecule has 0 bridgehead atoms. The summed E-state index contributed by atoms with van der Waals surface area (Å²) in [4.78, 5) is 9.41. The number of aliphatic hydroxyl groups excluding tert-OH is 1. The van der Waals surface area contributed by atoms with Crippen LogP contribution in [0.15, 0.2) is 24.7 Å². The second-order valence-electron chi connectivity index (χ2n) is 4.18. The predicted molar refractivity (Wildman–Crippen MR) is 61.2 cm³/mol. The van der Waals surface area contributed by atoms with Gasteiger partial charge in [-0.3, -0.25) is 4.98 Å². The minimum Gasteiger partial charge on any atom is -0.392 e. The van der Waals surface area contributed by atoms with Crippen LogP contribution in [0.1, 0.15) is 17.1 Å². The Bertz CT molecular complexity index is 666. The van der Waals surface area contributed by atoms with Gasteiger partial charge in [-0.2, -0.15) is 26.3 Å². The van der Waals surface area contributed by atoms with E-state index in [0.717, 1.165) is 24.7 Å². The third-order valence-corrected chi connectivity index (χ3v) is 2.64. The maximum atomic E-state index is 12.6. The van der Waals surface area contributed by atoms with Crippen molar-refractivity contribution in [2.24, 2.45) is 0 Å². The van der Waals surface area contributed by atoms with Gasteiger partial charge in [0.15, 0.2) is 0 Å². The molecule has 4 nitrogen and oxygen atoms in total. The van der Waals surface area contributed by atoms with Crippen molar-refractivity contribution in [1.29, 1.82) is 0 Å². The summed E-state index contributed by atoms with van der Waals surface area (Å²) in [5, 5.41) is 8.98. The monoisotopic (exact) mass is 323 g/mol. The lowest BCUT2D eigenvalue weighted by Gasteiger charge is -2.12. The van der Waals surface area contributed by atoms with E-state index in [1.54, 1.807) is 0 Å². The topological polar surface area (TPSA) is 58.9 Å². The van der Waals surface area contributed by atoms with Crippen molar-refractivity contribution in [3.05, 3.63) is 41.7 Å². The second-order valence-corrected chi connectivity index (χ2v) is 4.18. The first-order valence-corrected chi connectivity index (χ1v) is 5.69. The van der Waals surface area contributed by atoms with Crippen molar-refractivity contribution in [3.63, 3.8) is 0 Å². The summed E-state index contributed by atoms with van der Waals surface area (Å²) in [7, 11) is 0. The lowest BCUT2D eigenvalue weighted by atomic mass is 10.1. The third kappa shape index (κ3) is 3.32. The molecule has 0 aliphatic carbocycles. The Balaban J connectivity index is 2.42. The molecule has 0 aliphatic rings. The highest BCUT2D eigenvalue weighted by molar-refractivity contribution is 5.61. The van der Waals surface area contributed by atoms with Gasteiger partial charge < -0.3 is 5.11 Å². The van der Waals surface area contributed by atoms with E-state index >= 15 is 0 Å². The first-order chi connectivity index (χ1) is 10.1. The largest absolute Gasteiger partial charge is 0.451 e. The molecule has 0 fully saturated rings. The van der Waals surface area contributed by atoms with Crippen LogP contribution < -0.4 is 0 Å². The first kappa shape index (κ1) is 16.1. The average Bonchev–Trinajstić information content (AvgIpc) is 2.45. The van der Waals surface area contributed by atoms with Crippen LogP contribution in [0.4, 0.5) is 26.3 Å². The zero-order valence-corrected chi connectivity index (χ0v) is 10.6. The van der Waals surface area contributed by atoms with Crippen LogP contribution in [-0.4, -0.2) is 20.1 Å². The fourth-order valence-corrected chi connectivity index (χ4v) is 1.67. The Morgan fingerprint density at radius 1 is 0.818 bits per heavy atom. The SMILES string of the molecule is OCc1cc(-c2cnc(C(F)(F)F)nc2)cnc1C(F)(F)F. The fraction of sp³-hybridized carbons (Fsp3) is 0.250. The van der Waals surface area contributed by atoms with Crippen LogP contribution >= 0.6 is 0 Å². The molecule has 0 atom stereocenters. The summed E-state index contributed by atoms with van der Waals surface area (Å²) in [5.74, 6) is -1.36. The number of aliphatic hydroxyl groups is 1. The molecule has 118 valence electrons. The van der Waals surface area contributed by atoms with E-state index in [0.29, 0.717) is 0 Å². The molecule has 0 radical (unpaired) electrons. The molecule has 0 saturated carbocycles. The molecule has 0 saturated heterocycles. The minimum atomic E-state index is -4.74. The number of hydrogen-bond donors (Lipinski definition) is 1. The summed E-state index contributed by atoms with van der Waals surface area (Å²) >= 11 is 0. The van der Waals surface area contributed by atoms with E-state index in [4.69, 9.17) is 5.11 Å². The number of rotatable bonds is 2. The van der Waals surface area contributed by atoms with Crippen LogP contribution in [-0.2, 0) is 19.0 Å². The molecular weight excluding hydrogens is 316 g/mol. The first-order valence-electron chi connectivity index (χ1n) is 5.69. The molecule has 0 aromatic carbocycles. The molecular formula is C12H7F6N3O. The fourth-order valence-electron chi connectivity index (χ4n) is 1.67. The Morgan fingerprint density at radius 2 is 1.36 bits per heavy atom. The zero-order valence-electron chi connectivity index (χ0n) is 10.6. The summed E-state index contributed by atoms with van der Waals surface area (Å²) in [5.41, 5.74) is -1.65. The molecule has 0 unspecified atom stereocenters. The van der Waals surface area contributed by atoms with Crippen molar-refractivity contribution in [2.75, 3.05) is 0 Å². The van der Waals surface area contributed by atoms with E-state index in [1.807, 2.05) is 0 Å². The van der Waals surface area contributed by atoms with E-state index in [2.05, 4.69) is 15.0 Å². The molecule has 0 amide bonds. The standard InChI is InChI=1S/C12H7F6N3O/c13-11(14,15)9-7(5-22)1-6(2-19-9)8-3-20-10(21-4-8)12(16,17)18/h1-4,22H,5H2. The lowest BCUT2D eigenvalue weighted by molar-refractivity contribution is -0.145. The van der Waals surface area contributed by atoms with Crippen LogP contribution in [0.3, 0.4) is 0 Å². The van der Waals surface area contributed by atoms with Crippen molar-refractivity contribution >= 4 is 0 Å². The molecule has 0 aliphatic heterocycles. The number of alkyl halides is 6. The van der Waals surface area contributed by atoms with E-state index < -0.39 is 36.0 Å². The number of halogens is 6. The van der Waals surface area contributed by atoms with Crippen molar-refractivity contribution in [1.82, 2.24) is 15.0 Å². The highest BCUT2D eigenvalue weighted by atomic mass is 19.4. The van der Waals surface area contributed by atoms with Gasteiger partial charge >= 0.3 is 12.4 Å². The van der Waals surface area contributed by atoms with Crippen LogP contribution in [0.2, 0.25) is 0 Å². The van der Waals surface area contributed by atoms with Crippen LogP contribution in [0.25, 0.3) is 11.1 Å². The highest BCUT2D eigenvalue weighted by Gasteiger charge is 2.36. The van der Waals surface area contributed by atoms with Gasteiger partial charge in [-0.15, -0.1) is 0 Å². The lowest BCUT2D eigenvalue weighted by Crippen LogP contribution is -2.12. The van der Waals surface area contributed by atoms with Gasteiger partial charge in [0.1, 0.15) is 5.69 Å². The Kier molecular flexibility index (Phi) is 4.05. The number of nitrogens with zero attached hydrogens (tertiary/aromatic N) is 3. The maximum Gasteiger partial charge on any atom is 0.451 e. The molecule has 2 rings (SSSR count). The summed E-state index contributed by atoms with van der Waals surface area (Å²) in [6.07, 6.45) is -6.99. The van der Waals surface area contributed by atoms with Gasteiger partial charge in [0.25, 0.3) is 0 Å². The van der Waals surface area contributed by atoms with Gasteiger partial charge in [-0.25, -0.2) is 9.97 Å². The summed E-state index contributed by atoms with van der Waals surface area (Å²) < 4.78 is 74.9. The van der Waals surface area contributed by atoms with Gasteiger partial charge in [0, 0.05) is 35.3 Å². The normalized spacial score (nSPS) is 12.5. The van der Waals surface area contributed by atoms with Gasteiger partial charge in [0.05, 0.1) is 6.61 Å². The summed E-state index contributed by atoms with van der Waals surface area (Å²) in [6, 6.07) is 0.974. The van der Waals surface area contributed by atoms with Gasteiger partial charge in [-0.1, -0.05) is 0 Å². The Hall–Kier alpha value is -2.23. The molecule has 10 heteroatoms. The Labute approximate surface area is 119 Å². The van der Waals surface area contributed by atoms with Crippen LogP contribution in [0, 0.1) is 0 Å². The number of aromatic nitrogens is 3. The highest BCUT2D eigenvalue weighted by Crippen LogP contribution is 2.32. The molecule has 2 heterocycles. The predicted octanol–water partition coefficient (Wildman–Crippen LogP) is 3.07. The number of pyridine rings is 1. The van der Waals surface area contributed by atoms with E-state index in [1.165, 1.54) is 0 Å². The number of hydrogen-bond acceptors (Lipinski definition) is 4. The van der Waals surface area contributed by atoms with Gasteiger partial charge in [-0.05, 0) is 6.07 Å². The maximum absolute atomic E-state index is 12.6. The van der Waals surface area contributed by atoms with Gasteiger partial charge in [0.2, 0.25) is 5.82 Å².